The normalized spacial score (nSPS) is 17.0. The summed E-state index contributed by atoms with van der Waals surface area (Å²) in [4.78, 5) is 15.3. The first-order valence-electron chi connectivity index (χ1n) is 5.83. The van der Waals surface area contributed by atoms with Gasteiger partial charge in [0.1, 0.15) is 5.82 Å². The zero-order chi connectivity index (χ0) is 15.0. The Hall–Kier alpha value is -1.21. The number of benzene rings is 1. The van der Waals surface area contributed by atoms with Crippen LogP contribution in [0.3, 0.4) is 0 Å². The van der Waals surface area contributed by atoms with Crippen molar-refractivity contribution in [1.29, 1.82) is 0 Å². The third-order valence-corrected chi connectivity index (χ3v) is 5.18. The molecule has 2 aromatic rings. The van der Waals surface area contributed by atoms with Gasteiger partial charge < -0.3 is 0 Å². The number of carbonyl (C=O) groups excluding carboxylic acids is 1. The molecule has 2 nitrogen and oxygen atoms in total. The molecule has 1 aromatic heterocycles. The average Bonchev–Trinajstić information content (AvgIpc) is 3.03. The molecule has 106 valence electrons. The van der Waals surface area contributed by atoms with Crippen LogP contribution in [0.15, 0.2) is 40.6 Å². The van der Waals surface area contributed by atoms with E-state index in [1.165, 1.54) is 34.9 Å². The molecule has 0 atom stereocenters. The van der Waals surface area contributed by atoms with Gasteiger partial charge in [-0.25, -0.2) is 4.39 Å². The largest absolute Gasteiger partial charge is 0.270 e. The number of carbonyl (C=O) groups is 1. The molecule has 21 heavy (non-hydrogen) atoms. The quantitative estimate of drug-likeness (QED) is 0.561. The van der Waals surface area contributed by atoms with E-state index >= 15 is 0 Å². The van der Waals surface area contributed by atoms with E-state index in [1.54, 1.807) is 17.4 Å². The van der Waals surface area contributed by atoms with E-state index < -0.39 is 5.82 Å². The molecular weight excluding hydrogens is 349 g/mol. The molecule has 3 rings (SSSR count). The third kappa shape index (κ3) is 2.89. The minimum atomic E-state index is -0.528. The van der Waals surface area contributed by atoms with Crippen molar-refractivity contribution in [2.24, 2.45) is 0 Å². The molecule has 1 aliphatic rings. The maximum Gasteiger partial charge on any atom is 0.270 e. The Labute approximate surface area is 139 Å². The monoisotopic (exact) mass is 355 g/mol. The zero-order valence-corrected chi connectivity index (χ0v) is 13.6. The van der Waals surface area contributed by atoms with Gasteiger partial charge >= 0.3 is 0 Å². The maximum atomic E-state index is 13.2. The number of halogens is 2. The van der Waals surface area contributed by atoms with E-state index in [2.05, 4.69) is 0 Å². The fourth-order valence-corrected chi connectivity index (χ4v) is 4.01. The van der Waals surface area contributed by atoms with E-state index in [0.717, 1.165) is 4.88 Å². The lowest BCUT2D eigenvalue weighted by molar-refractivity contribution is -0.113. The van der Waals surface area contributed by atoms with Crippen molar-refractivity contribution in [2.45, 2.75) is 0 Å². The van der Waals surface area contributed by atoms with Gasteiger partial charge in [-0.15, -0.1) is 11.3 Å². The van der Waals surface area contributed by atoms with Crippen molar-refractivity contribution >= 4 is 68.9 Å². The number of amides is 1. The van der Waals surface area contributed by atoms with Crippen LogP contribution in [0.1, 0.15) is 4.88 Å². The molecular formula is C14H7ClFNOS3. The fraction of sp³-hybridized carbons (Fsp3) is 0. The highest BCUT2D eigenvalue weighted by Crippen LogP contribution is 2.37. The number of thioether (sulfide) groups is 1. The van der Waals surface area contributed by atoms with Crippen LogP contribution in [0.2, 0.25) is 5.02 Å². The number of rotatable bonds is 2. The number of hydrogen-bond acceptors (Lipinski definition) is 4. The van der Waals surface area contributed by atoms with Crippen molar-refractivity contribution in [3.63, 3.8) is 0 Å². The second-order valence-electron chi connectivity index (χ2n) is 4.13. The number of thiocarbonyl (C=S) groups is 1. The predicted octanol–water partition coefficient (Wildman–Crippen LogP) is 4.95. The fourth-order valence-electron chi connectivity index (χ4n) is 1.82. The highest BCUT2D eigenvalue weighted by Gasteiger charge is 2.33. The third-order valence-electron chi connectivity index (χ3n) is 2.77. The molecule has 0 bridgehead atoms. The van der Waals surface area contributed by atoms with E-state index in [9.17, 15) is 9.18 Å². The Morgan fingerprint density at radius 2 is 2.14 bits per heavy atom. The van der Waals surface area contributed by atoms with Gasteiger partial charge in [-0.05, 0) is 35.7 Å². The molecule has 0 saturated carbocycles. The summed E-state index contributed by atoms with van der Waals surface area (Å²) in [5.41, 5.74) is 0.471. The molecule has 0 spiro atoms. The van der Waals surface area contributed by atoms with Gasteiger partial charge in [-0.3, -0.25) is 9.69 Å². The Balaban J connectivity index is 1.95. The van der Waals surface area contributed by atoms with Crippen molar-refractivity contribution in [3.05, 3.63) is 56.3 Å². The maximum absolute atomic E-state index is 13.2. The SMILES string of the molecule is O=C1C(=Cc2cccs2)SC(=S)N1c1ccc(F)c(Cl)c1. The Morgan fingerprint density at radius 3 is 2.81 bits per heavy atom. The summed E-state index contributed by atoms with van der Waals surface area (Å²) in [5, 5.41) is 1.90. The minimum absolute atomic E-state index is 0.0382. The topological polar surface area (TPSA) is 20.3 Å². The molecule has 0 aliphatic carbocycles. The lowest BCUT2D eigenvalue weighted by Crippen LogP contribution is -2.27. The van der Waals surface area contributed by atoms with Crippen LogP contribution in [0.5, 0.6) is 0 Å². The van der Waals surface area contributed by atoms with Crippen molar-refractivity contribution < 1.29 is 9.18 Å². The summed E-state index contributed by atoms with van der Waals surface area (Å²) in [5.74, 6) is -0.749. The van der Waals surface area contributed by atoms with Gasteiger partial charge in [-0.1, -0.05) is 41.6 Å². The van der Waals surface area contributed by atoms with E-state index in [-0.39, 0.29) is 10.9 Å². The first kappa shape index (κ1) is 14.7. The summed E-state index contributed by atoms with van der Waals surface area (Å²) in [7, 11) is 0. The Morgan fingerprint density at radius 1 is 1.33 bits per heavy atom. The van der Waals surface area contributed by atoms with Gasteiger partial charge in [0.15, 0.2) is 4.32 Å². The van der Waals surface area contributed by atoms with Gasteiger partial charge in [0.05, 0.1) is 15.6 Å². The summed E-state index contributed by atoms with van der Waals surface area (Å²) in [6.07, 6.45) is 1.80. The second kappa shape index (κ2) is 5.88. The summed E-state index contributed by atoms with van der Waals surface area (Å²) in [6, 6.07) is 7.94. The molecule has 1 aromatic carbocycles. The standard InChI is InChI=1S/C14H7ClFNOS3/c15-10-6-8(3-4-11(10)16)17-13(18)12(21-14(17)19)7-9-2-1-5-20-9/h1-7H. The van der Waals surface area contributed by atoms with Crippen LogP contribution in [-0.2, 0) is 4.79 Å². The van der Waals surface area contributed by atoms with Gasteiger partial charge in [0, 0.05) is 4.88 Å². The summed E-state index contributed by atoms with van der Waals surface area (Å²) in [6.45, 7) is 0. The summed E-state index contributed by atoms with van der Waals surface area (Å²) >= 11 is 13.8. The minimum Gasteiger partial charge on any atom is -0.268 e. The average molecular weight is 356 g/mol. The van der Waals surface area contributed by atoms with E-state index in [0.29, 0.717) is 14.9 Å². The van der Waals surface area contributed by atoms with Crippen molar-refractivity contribution in [3.8, 4) is 0 Å². The van der Waals surface area contributed by atoms with Gasteiger partial charge in [-0.2, -0.15) is 0 Å². The van der Waals surface area contributed by atoms with Crippen LogP contribution in [0, 0.1) is 5.82 Å². The number of hydrogen-bond donors (Lipinski definition) is 0. The Kier molecular flexibility index (Phi) is 4.12. The molecule has 7 heteroatoms. The number of nitrogens with zero attached hydrogens (tertiary/aromatic N) is 1. The Bertz CT molecular complexity index is 758. The molecule has 0 radical (unpaired) electrons. The number of thiophene rings is 1. The smallest absolute Gasteiger partial charge is 0.268 e. The lowest BCUT2D eigenvalue weighted by atomic mass is 10.2. The number of anilines is 1. The van der Waals surface area contributed by atoms with Crippen molar-refractivity contribution in [2.75, 3.05) is 4.90 Å². The molecule has 2 heterocycles. The highest BCUT2D eigenvalue weighted by molar-refractivity contribution is 8.27. The highest BCUT2D eigenvalue weighted by atomic mass is 35.5. The van der Waals surface area contributed by atoms with Crippen LogP contribution < -0.4 is 4.90 Å². The summed E-state index contributed by atoms with van der Waals surface area (Å²) < 4.78 is 13.6. The van der Waals surface area contributed by atoms with Crippen LogP contribution >= 0.6 is 46.9 Å². The molecule has 1 fully saturated rings. The first-order chi connectivity index (χ1) is 10.1. The van der Waals surface area contributed by atoms with Crippen LogP contribution in [0.4, 0.5) is 10.1 Å². The molecule has 1 amide bonds. The molecule has 0 N–H and O–H groups in total. The van der Waals surface area contributed by atoms with E-state index in [1.807, 2.05) is 17.5 Å². The lowest BCUT2D eigenvalue weighted by Gasteiger charge is -2.14. The van der Waals surface area contributed by atoms with Crippen LogP contribution in [-0.4, -0.2) is 10.2 Å². The first-order valence-corrected chi connectivity index (χ1v) is 8.31. The van der Waals surface area contributed by atoms with Gasteiger partial charge in [0.2, 0.25) is 0 Å². The van der Waals surface area contributed by atoms with Gasteiger partial charge in [0.25, 0.3) is 5.91 Å². The zero-order valence-electron chi connectivity index (χ0n) is 10.4. The molecule has 0 unspecified atom stereocenters. The second-order valence-corrected chi connectivity index (χ2v) is 7.19. The van der Waals surface area contributed by atoms with E-state index in [4.69, 9.17) is 23.8 Å². The molecule has 1 saturated heterocycles. The predicted molar refractivity (Wildman–Crippen MR) is 91.4 cm³/mol. The molecule has 1 aliphatic heterocycles. The van der Waals surface area contributed by atoms with Crippen molar-refractivity contribution in [1.82, 2.24) is 0 Å². The van der Waals surface area contributed by atoms with Crippen LogP contribution in [0.25, 0.3) is 6.08 Å².